The molecule has 0 spiro atoms. The third kappa shape index (κ3) is 5.62. The number of nitrogens with zero attached hydrogens (tertiary/aromatic N) is 4. The van der Waals surface area contributed by atoms with Crippen molar-refractivity contribution in [1.29, 1.82) is 0 Å². The van der Waals surface area contributed by atoms with Gasteiger partial charge in [0.05, 0.1) is 5.69 Å². The van der Waals surface area contributed by atoms with Gasteiger partial charge in [-0.25, -0.2) is 0 Å². The van der Waals surface area contributed by atoms with Gasteiger partial charge in [-0.2, -0.15) is 4.80 Å². The van der Waals surface area contributed by atoms with Crippen LogP contribution in [0.25, 0.3) is 60.2 Å². The predicted molar refractivity (Wildman–Crippen MR) is 260 cm³/mol. The van der Waals surface area contributed by atoms with Crippen LogP contribution in [0, 0.1) is 0 Å². The Morgan fingerprint density at radius 2 is 1.02 bits per heavy atom. The summed E-state index contributed by atoms with van der Waals surface area (Å²) in [6.07, 6.45) is 0. The van der Waals surface area contributed by atoms with E-state index in [1.165, 1.54) is 54.4 Å². The number of hydrogen-bond acceptors (Lipinski definition) is 4. The molecule has 0 N–H and O–H groups in total. The number of fused-ring (bicyclic) bond motifs is 11. The molecular weight excluding hydrogens is 755 g/mol. The highest BCUT2D eigenvalue weighted by Gasteiger charge is 2.43. The molecule has 1 aromatic heterocycles. The molecule has 2 aliphatic rings. The number of anilines is 3. The van der Waals surface area contributed by atoms with E-state index in [0.717, 1.165) is 61.9 Å². The molecular formula is C56H45BN4O. The largest absolute Gasteiger partial charge is 0.458 e. The van der Waals surface area contributed by atoms with Gasteiger partial charge in [0, 0.05) is 17.1 Å². The average Bonchev–Trinajstić information content (AvgIpc) is 3.71. The summed E-state index contributed by atoms with van der Waals surface area (Å²) in [5, 5.41) is 17.8. The van der Waals surface area contributed by atoms with Crippen LogP contribution in [0.3, 0.4) is 0 Å². The van der Waals surface area contributed by atoms with Crippen molar-refractivity contribution in [3.05, 3.63) is 175 Å². The van der Waals surface area contributed by atoms with Gasteiger partial charge in [-0.3, -0.25) is 0 Å². The Kier molecular flexibility index (Phi) is 7.78. The molecule has 0 bridgehead atoms. The molecule has 0 amide bonds. The van der Waals surface area contributed by atoms with Crippen LogP contribution < -0.4 is 26.0 Å². The summed E-state index contributed by atoms with van der Waals surface area (Å²) in [4.78, 5) is 4.19. The number of hydrogen-bond donors (Lipinski definition) is 0. The summed E-state index contributed by atoms with van der Waals surface area (Å²) in [7, 11) is 0. The van der Waals surface area contributed by atoms with Gasteiger partial charge < -0.3 is 9.64 Å². The van der Waals surface area contributed by atoms with Gasteiger partial charge in [-0.05, 0) is 142 Å². The first-order valence-electron chi connectivity index (χ1n) is 21.7. The molecule has 3 heterocycles. The number of para-hydroxylation sites is 1. The van der Waals surface area contributed by atoms with Crippen LogP contribution in [-0.2, 0) is 10.8 Å². The van der Waals surface area contributed by atoms with Gasteiger partial charge in [-0.15, -0.1) is 10.2 Å². The van der Waals surface area contributed by atoms with Crippen LogP contribution in [0.4, 0.5) is 17.1 Å². The van der Waals surface area contributed by atoms with Crippen molar-refractivity contribution < 1.29 is 4.74 Å². The Morgan fingerprint density at radius 3 is 1.68 bits per heavy atom. The maximum Gasteiger partial charge on any atom is 0.256 e. The molecule has 2 aliphatic heterocycles. The number of aromatic nitrogens is 3. The second-order valence-corrected chi connectivity index (χ2v) is 19.2. The summed E-state index contributed by atoms with van der Waals surface area (Å²) >= 11 is 0. The number of ether oxygens (including phenoxy) is 1. The standard InChI is InChI=1S/C56H45BN4O/c1-55(2,3)36-22-24-39(25-23-36)61-58-48-32-47-50(33-49(48)59-61)60(38-14-8-7-9-15-38)51-30-37(56(4,5)6)31-53-54(51)57(47)46-27-21-35(29-52(46)62-53)34-20-26-44-42-18-11-10-16-40(42)41-17-12-13-19-43(41)45(44)28-34/h7-33H,1-6H3. The van der Waals surface area contributed by atoms with Crippen LogP contribution in [0.15, 0.2) is 164 Å². The fourth-order valence-electron chi connectivity index (χ4n) is 9.92. The molecule has 6 heteroatoms. The Morgan fingerprint density at radius 1 is 0.435 bits per heavy atom. The zero-order valence-corrected chi connectivity index (χ0v) is 35.9. The minimum Gasteiger partial charge on any atom is -0.458 e. The quantitative estimate of drug-likeness (QED) is 0.132. The van der Waals surface area contributed by atoms with Gasteiger partial charge in [0.15, 0.2) is 0 Å². The molecule has 10 aromatic rings. The first-order chi connectivity index (χ1) is 30.0. The van der Waals surface area contributed by atoms with Crippen LogP contribution in [0.5, 0.6) is 11.5 Å². The van der Waals surface area contributed by atoms with E-state index in [-0.39, 0.29) is 17.5 Å². The predicted octanol–water partition coefficient (Wildman–Crippen LogP) is 12.5. The third-order valence-electron chi connectivity index (χ3n) is 13.2. The first-order valence-corrected chi connectivity index (χ1v) is 21.7. The van der Waals surface area contributed by atoms with Crippen molar-refractivity contribution in [1.82, 2.24) is 15.0 Å². The van der Waals surface area contributed by atoms with E-state index < -0.39 is 0 Å². The van der Waals surface area contributed by atoms with Crippen LogP contribution >= 0.6 is 0 Å². The summed E-state index contributed by atoms with van der Waals surface area (Å²) in [6, 6.07) is 59.8. The van der Waals surface area contributed by atoms with E-state index in [2.05, 4.69) is 210 Å². The summed E-state index contributed by atoms with van der Waals surface area (Å²) < 4.78 is 7.16. The molecule has 5 nitrogen and oxygen atoms in total. The Balaban J connectivity index is 1.06. The number of rotatable bonds is 3. The highest BCUT2D eigenvalue weighted by Crippen LogP contribution is 2.45. The van der Waals surface area contributed by atoms with E-state index in [9.17, 15) is 0 Å². The topological polar surface area (TPSA) is 43.2 Å². The van der Waals surface area contributed by atoms with Crippen LogP contribution in [0.2, 0.25) is 0 Å². The fourth-order valence-corrected chi connectivity index (χ4v) is 9.92. The van der Waals surface area contributed by atoms with Gasteiger partial charge in [-0.1, -0.05) is 145 Å². The minimum atomic E-state index is -0.123. The number of benzene rings is 9. The lowest BCUT2D eigenvalue weighted by Crippen LogP contribution is -2.59. The average molecular weight is 801 g/mol. The molecule has 298 valence electrons. The molecule has 0 unspecified atom stereocenters. The van der Waals surface area contributed by atoms with E-state index in [1.807, 2.05) is 0 Å². The van der Waals surface area contributed by atoms with Gasteiger partial charge in [0.1, 0.15) is 22.5 Å². The van der Waals surface area contributed by atoms with Crippen molar-refractivity contribution in [2.75, 3.05) is 4.90 Å². The summed E-state index contributed by atoms with van der Waals surface area (Å²) in [5.74, 6) is 1.77. The van der Waals surface area contributed by atoms with Crippen molar-refractivity contribution in [3.63, 3.8) is 0 Å². The first kappa shape index (κ1) is 36.7. The Hall–Kier alpha value is -7.18. The van der Waals surface area contributed by atoms with E-state index >= 15 is 0 Å². The highest BCUT2D eigenvalue weighted by molar-refractivity contribution is 6.99. The SMILES string of the molecule is CC(C)(C)c1ccc(-n2nc3cc4c(cc3n2)N(c2ccccc2)c2cc(C(C)(C)C)cc3c2B4c2ccc(-c4ccc5c6ccccc6c6ccccc6c5c4)cc2O3)cc1. The fraction of sp³-hybridized carbons (Fsp3) is 0.143. The molecule has 0 aliphatic carbocycles. The second kappa shape index (κ2) is 13.2. The molecule has 62 heavy (non-hydrogen) atoms. The minimum absolute atomic E-state index is 0.0575. The van der Waals surface area contributed by atoms with Crippen molar-refractivity contribution in [2.45, 2.75) is 52.4 Å². The zero-order chi connectivity index (χ0) is 42.1. The molecule has 0 saturated heterocycles. The molecule has 0 saturated carbocycles. The summed E-state index contributed by atoms with van der Waals surface area (Å²) in [5.41, 5.74) is 14.1. The highest BCUT2D eigenvalue weighted by atomic mass is 16.5. The second-order valence-electron chi connectivity index (χ2n) is 19.2. The van der Waals surface area contributed by atoms with Gasteiger partial charge in [0.2, 0.25) is 0 Å². The van der Waals surface area contributed by atoms with Crippen LogP contribution in [0.1, 0.15) is 52.7 Å². The van der Waals surface area contributed by atoms with E-state index in [4.69, 9.17) is 14.9 Å². The lowest BCUT2D eigenvalue weighted by Gasteiger charge is -2.41. The van der Waals surface area contributed by atoms with Gasteiger partial charge in [0.25, 0.3) is 6.71 Å². The maximum atomic E-state index is 7.16. The van der Waals surface area contributed by atoms with E-state index in [0.29, 0.717) is 0 Å². The lowest BCUT2D eigenvalue weighted by atomic mass is 9.34. The Labute approximate surface area is 362 Å². The van der Waals surface area contributed by atoms with Crippen molar-refractivity contribution >= 4 is 83.5 Å². The monoisotopic (exact) mass is 800 g/mol. The zero-order valence-electron chi connectivity index (χ0n) is 35.9. The maximum absolute atomic E-state index is 7.16. The normalized spacial score (nSPS) is 13.4. The van der Waals surface area contributed by atoms with Crippen LogP contribution in [-0.4, -0.2) is 21.7 Å². The third-order valence-corrected chi connectivity index (χ3v) is 13.2. The lowest BCUT2D eigenvalue weighted by molar-refractivity contribution is 0.483. The smallest absolute Gasteiger partial charge is 0.256 e. The Bertz CT molecular complexity index is 3430. The summed E-state index contributed by atoms with van der Waals surface area (Å²) in [6.45, 7) is 13.5. The molecule has 12 rings (SSSR count). The van der Waals surface area contributed by atoms with E-state index in [1.54, 1.807) is 4.80 Å². The van der Waals surface area contributed by atoms with Crippen molar-refractivity contribution in [3.8, 4) is 28.3 Å². The molecule has 9 aromatic carbocycles. The van der Waals surface area contributed by atoms with Crippen molar-refractivity contribution in [2.24, 2.45) is 0 Å². The molecule has 0 radical (unpaired) electrons. The molecule has 0 fully saturated rings. The molecule has 0 atom stereocenters. The van der Waals surface area contributed by atoms with Gasteiger partial charge >= 0.3 is 0 Å².